The second kappa shape index (κ2) is 8.55. The van der Waals surface area contributed by atoms with E-state index in [0.717, 1.165) is 35.4 Å². The summed E-state index contributed by atoms with van der Waals surface area (Å²) in [7, 11) is 0. The van der Waals surface area contributed by atoms with E-state index in [0.29, 0.717) is 28.7 Å². The van der Waals surface area contributed by atoms with Crippen molar-refractivity contribution in [2.24, 2.45) is 11.3 Å². The van der Waals surface area contributed by atoms with E-state index >= 15 is 0 Å². The van der Waals surface area contributed by atoms with Crippen molar-refractivity contribution in [3.05, 3.63) is 69.6 Å². The topological polar surface area (TPSA) is 85.9 Å². The van der Waals surface area contributed by atoms with Crippen LogP contribution >= 0.6 is 11.3 Å². The first-order valence-corrected chi connectivity index (χ1v) is 13.0. The van der Waals surface area contributed by atoms with Crippen molar-refractivity contribution < 1.29 is 23.8 Å². The third kappa shape index (κ3) is 4.09. The van der Waals surface area contributed by atoms with E-state index in [9.17, 15) is 9.59 Å². The van der Waals surface area contributed by atoms with Gasteiger partial charge in [0.2, 0.25) is 6.79 Å². The number of hydrogen-bond donors (Lipinski definition) is 2. The molecule has 2 aliphatic heterocycles. The Morgan fingerprint density at radius 1 is 1.08 bits per heavy atom. The van der Waals surface area contributed by atoms with Gasteiger partial charge in [-0.15, -0.1) is 11.3 Å². The molecule has 3 aromatic rings. The Morgan fingerprint density at radius 3 is 2.75 bits per heavy atom. The van der Waals surface area contributed by atoms with E-state index in [1.54, 1.807) is 41.7 Å². The maximum Gasteiger partial charge on any atom is 0.343 e. The zero-order valence-corrected chi connectivity index (χ0v) is 21.3. The van der Waals surface area contributed by atoms with Crippen molar-refractivity contribution in [3.63, 3.8) is 0 Å². The summed E-state index contributed by atoms with van der Waals surface area (Å²) in [6.07, 6.45) is 2.65. The number of fused-ring (bicyclic) bond motifs is 4. The highest BCUT2D eigenvalue weighted by atomic mass is 32.1. The molecule has 7 nitrogen and oxygen atoms in total. The van der Waals surface area contributed by atoms with E-state index in [1.807, 2.05) is 12.1 Å². The van der Waals surface area contributed by atoms with Gasteiger partial charge in [-0.25, -0.2) is 4.79 Å². The Hall–Kier alpha value is -3.52. The minimum Gasteiger partial charge on any atom is -0.454 e. The van der Waals surface area contributed by atoms with Crippen LogP contribution in [0.3, 0.4) is 0 Å². The summed E-state index contributed by atoms with van der Waals surface area (Å²) in [5.41, 5.74) is 3.42. The van der Waals surface area contributed by atoms with Gasteiger partial charge in [0.15, 0.2) is 11.5 Å². The molecule has 6 rings (SSSR count). The Labute approximate surface area is 213 Å². The summed E-state index contributed by atoms with van der Waals surface area (Å²) in [5.74, 6) is 1.60. The van der Waals surface area contributed by atoms with Gasteiger partial charge in [0, 0.05) is 4.88 Å². The molecule has 36 heavy (non-hydrogen) atoms. The average molecular weight is 505 g/mol. The van der Waals surface area contributed by atoms with E-state index in [4.69, 9.17) is 14.2 Å². The fourth-order valence-electron chi connectivity index (χ4n) is 5.15. The van der Waals surface area contributed by atoms with Crippen LogP contribution in [0.4, 0.5) is 5.00 Å². The van der Waals surface area contributed by atoms with Crippen molar-refractivity contribution in [2.45, 2.75) is 46.2 Å². The molecule has 186 valence electrons. The smallest absolute Gasteiger partial charge is 0.343 e. The molecular formula is C28H28N2O5S. The quantitative estimate of drug-likeness (QED) is 0.352. The van der Waals surface area contributed by atoms with Gasteiger partial charge in [0.1, 0.15) is 16.9 Å². The van der Waals surface area contributed by atoms with Crippen molar-refractivity contribution in [1.82, 2.24) is 5.32 Å². The summed E-state index contributed by atoms with van der Waals surface area (Å²) >= 11 is 1.70. The van der Waals surface area contributed by atoms with Crippen LogP contribution in [0, 0.1) is 11.3 Å². The molecule has 2 aromatic carbocycles. The standard InChI is InChI=1S/C28H28N2O5S/c1-28(2,3)17-8-9-19-22(13-17)36-26-23(19)25(31)29-24(30-26)15-5-4-6-18(11-15)35-27(32)16-7-10-20-21(12-16)34-14-33-20/h4-7,10-12,17,24,30H,8-9,13-14H2,1-3H3,(H,29,31)/t17-,24+/m0/s1. The van der Waals surface area contributed by atoms with Crippen LogP contribution in [0.1, 0.15) is 70.1 Å². The van der Waals surface area contributed by atoms with Crippen molar-refractivity contribution in [1.29, 1.82) is 0 Å². The third-order valence-electron chi connectivity index (χ3n) is 7.28. The van der Waals surface area contributed by atoms with Crippen LogP contribution in [0.2, 0.25) is 0 Å². The number of hydrogen-bond acceptors (Lipinski definition) is 7. The van der Waals surface area contributed by atoms with Gasteiger partial charge in [-0.2, -0.15) is 0 Å². The number of anilines is 1. The monoisotopic (exact) mass is 504 g/mol. The summed E-state index contributed by atoms with van der Waals surface area (Å²) < 4.78 is 16.3. The number of rotatable bonds is 3. The fourth-order valence-corrected chi connectivity index (χ4v) is 6.50. The molecule has 0 saturated heterocycles. The lowest BCUT2D eigenvalue weighted by Gasteiger charge is -2.34. The van der Waals surface area contributed by atoms with Crippen LogP contribution in [-0.4, -0.2) is 18.7 Å². The summed E-state index contributed by atoms with van der Waals surface area (Å²) in [5, 5.41) is 7.53. The fraction of sp³-hybridized carbons (Fsp3) is 0.357. The highest BCUT2D eigenvalue weighted by Gasteiger charge is 2.36. The molecule has 1 amide bonds. The largest absolute Gasteiger partial charge is 0.454 e. The van der Waals surface area contributed by atoms with E-state index in [-0.39, 0.29) is 18.1 Å². The van der Waals surface area contributed by atoms with Crippen molar-refractivity contribution >= 4 is 28.2 Å². The molecule has 3 aliphatic rings. The Bertz CT molecular complexity index is 1370. The van der Waals surface area contributed by atoms with E-state index < -0.39 is 12.1 Å². The zero-order valence-electron chi connectivity index (χ0n) is 20.5. The number of carbonyl (C=O) groups is 2. The Morgan fingerprint density at radius 2 is 1.92 bits per heavy atom. The lowest BCUT2D eigenvalue weighted by Crippen LogP contribution is -2.38. The SMILES string of the molecule is CC(C)(C)[C@H]1CCc2c(sc3c2C(=O)N[C@@H](c2cccc(OC(=O)c4ccc5c(c4)OCO5)c2)N3)C1. The first-order valence-electron chi connectivity index (χ1n) is 12.2. The molecule has 1 aliphatic carbocycles. The maximum atomic E-state index is 13.2. The van der Waals surface area contributed by atoms with Gasteiger partial charge >= 0.3 is 5.97 Å². The minimum atomic E-state index is -0.493. The van der Waals surface area contributed by atoms with Gasteiger partial charge in [0.05, 0.1) is 11.1 Å². The third-order valence-corrected chi connectivity index (χ3v) is 8.46. The zero-order chi connectivity index (χ0) is 25.0. The van der Waals surface area contributed by atoms with Crippen LogP contribution in [0.15, 0.2) is 42.5 Å². The number of amides is 1. The summed E-state index contributed by atoms with van der Waals surface area (Å²) in [6, 6.07) is 12.2. The van der Waals surface area contributed by atoms with Gasteiger partial charge in [-0.3, -0.25) is 4.79 Å². The summed E-state index contributed by atoms with van der Waals surface area (Å²) in [6.45, 7) is 7.03. The number of nitrogens with one attached hydrogen (secondary N) is 2. The van der Waals surface area contributed by atoms with Gasteiger partial charge in [0.25, 0.3) is 5.91 Å². The molecule has 8 heteroatoms. The normalized spacial score (nSPS) is 20.1. The molecule has 0 unspecified atom stereocenters. The van der Waals surface area contributed by atoms with Crippen LogP contribution in [0.5, 0.6) is 17.2 Å². The van der Waals surface area contributed by atoms with Crippen LogP contribution in [-0.2, 0) is 12.8 Å². The Balaban J connectivity index is 1.20. The van der Waals surface area contributed by atoms with Crippen LogP contribution < -0.4 is 24.8 Å². The number of thiophene rings is 1. The lowest BCUT2D eigenvalue weighted by atomic mass is 9.72. The van der Waals surface area contributed by atoms with Crippen molar-refractivity contribution in [3.8, 4) is 17.2 Å². The Kier molecular flexibility index (Phi) is 5.44. The second-order valence-corrected chi connectivity index (χ2v) is 11.7. The summed E-state index contributed by atoms with van der Waals surface area (Å²) in [4.78, 5) is 27.2. The molecule has 0 fully saturated rings. The van der Waals surface area contributed by atoms with E-state index in [2.05, 4.69) is 31.4 Å². The second-order valence-electron chi connectivity index (χ2n) is 10.6. The molecule has 1 aromatic heterocycles. The highest BCUT2D eigenvalue weighted by Crippen LogP contribution is 2.46. The molecule has 2 atom stereocenters. The molecule has 3 heterocycles. The number of carbonyl (C=O) groups excluding carboxylic acids is 2. The predicted molar refractivity (Wildman–Crippen MR) is 137 cm³/mol. The van der Waals surface area contributed by atoms with Gasteiger partial charge < -0.3 is 24.8 Å². The number of benzene rings is 2. The van der Waals surface area contributed by atoms with Gasteiger partial charge in [-0.05, 0) is 72.1 Å². The average Bonchev–Trinajstić information content (AvgIpc) is 3.47. The van der Waals surface area contributed by atoms with Crippen molar-refractivity contribution in [2.75, 3.05) is 12.1 Å². The molecule has 0 spiro atoms. The predicted octanol–water partition coefficient (Wildman–Crippen LogP) is 5.70. The number of ether oxygens (including phenoxy) is 3. The number of esters is 1. The molecule has 0 radical (unpaired) electrons. The molecular weight excluding hydrogens is 476 g/mol. The maximum absolute atomic E-state index is 13.2. The molecule has 0 bridgehead atoms. The van der Waals surface area contributed by atoms with Crippen LogP contribution in [0.25, 0.3) is 0 Å². The minimum absolute atomic E-state index is 0.0526. The molecule has 0 saturated carbocycles. The van der Waals surface area contributed by atoms with Gasteiger partial charge in [-0.1, -0.05) is 32.9 Å². The first kappa shape index (κ1) is 22.9. The highest BCUT2D eigenvalue weighted by molar-refractivity contribution is 7.16. The molecule has 2 N–H and O–H groups in total. The lowest BCUT2D eigenvalue weighted by molar-refractivity contribution is 0.0733. The first-order chi connectivity index (χ1) is 17.3. The van der Waals surface area contributed by atoms with E-state index in [1.165, 1.54) is 10.4 Å².